The number of amides is 1. The third-order valence-electron chi connectivity index (χ3n) is 3.86. The molecule has 0 unspecified atom stereocenters. The van der Waals surface area contributed by atoms with E-state index in [1.807, 2.05) is 0 Å². The maximum atomic E-state index is 12.7. The van der Waals surface area contributed by atoms with E-state index in [9.17, 15) is 13.2 Å². The van der Waals surface area contributed by atoms with Crippen LogP contribution >= 0.6 is 0 Å². The lowest BCUT2D eigenvalue weighted by molar-refractivity contribution is 0.0958. The number of hydrogen-bond acceptors (Lipinski definition) is 5. The number of sulfonamides is 1. The molecule has 2 aromatic heterocycles. The van der Waals surface area contributed by atoms with E-state index >= 15 is 0 Å². The molecule has 0 saturated heterocycles. The molecule has 3 rings (SSSR count). The average Bonchev–Trinajstić information content (AvgIpc) is 3.25. The van der Waals surface area contributed by atoms with Crippen LogP contribution in [-0.2, 0) is 16.6 Å². The van der Waals surface area contributed by atoms with Crippen LogP contribution in [0.5, 0.6) is 0 Å². The minimum atomic E-state index is -3.83. The van der Waals surface area contributed by atoms with Gasteiger partial charge in [-0.1, -0.05) is 18.2 Å². The molecular formula is C19H19N5O3S. The van der Waals surface area contributed by atoms with Crippen molar-refractivity contribution in [2.75, 3.05) is 6.54 Å². The average molecular weight is 397 g/mol. The van der Waals surface area contributed by atoms with Gasteiger partial charge in [-0.2, -0.15) is 5.10 Å². The summed E-state index contributed by atoms with van der Waals surface area (Å²) in [6, 6.07) is 11.1. The zero-order valence-corrected chi connectivity index (χ0v) is 15.8. The maximum Gasteiger partial charge on any atom is 0.251 e. The van der Waals surface area contributed by atoms with Crippen molar-refractivity contribution in [2.45, 2.75) is 11.4 Å². The Morgan fingerprint density at radius 1 is 1.18 bits per heavy atom. The quantitative estimate of drug-likeness (QED) is 0.563. The molecule has 0 aliphatic carbocycles. The standard InChI is InChI=1S/C19H19N5O3S/c1-2-9-21-19(25)15-6-3-8-17(13-15)28(26,27)23-14-16-7-4-10-20-18(16)24-12-5-11-22-24/h2-8,10-13,23H,1,9,14H2,(H,21,25). The molecule has 144 valence electrons. The van der Waals surface area contributed by atoms with Gasteiger partial charge < -0.3 is 5.32 Å². The van der Waals surface area contributed by atoms with Crippen LogP contribution in [-0.4, -0.2) is 35.6 Å². The molecule has 1 amide bonds. The molecule has 0 bridgehead atoms. The normalized spacial score (nSPS) is 11.1. The molecule has 0 saturated carbocycles. The monoisotopic (exact) mass is 397 g/mol. The third-order valence-corrected chi connectivity index (χ3v) is 5.25. The van der Waals surface area contributed by atoms with E-state index in [2.05, 4.69) is 26.7 Å². The highest BCUT2D eigenvalue weighted by Gasteiger charge is 2.17. The van der Waals surface area contributed by atoms with Crippen LogP contribution < -0.4 is 10.0 Å². The molecule has 0 atom stereocenters. The van der Waals surface area contributed by atoms with Crippen molar-refractivity contribution in [3.8, 4) is 5.82 Å². The lowest BCUT2D eigenvalue weighted by Crippen LogP contribution is -2.26. The predicted octanol–water partition coefficient (Wildman–Crippen LogP) is 1.66. The van der Waals surface area contributed by atoms with Crippen molar-refractivity contribution < 1.29 is 13.2 Å². The molecule has 2 heterocycles. The summed E-state index contributed by atoms with van der Waals surface area (Å²) in [6.45, 7) is 3.85. The van der Waals surface area contributed by atoms with Gasteiger partial charge in [-0.3, -0.25) is 4.79 Å². The van der Waals surface area contributed by atoms with E-state index in [1.165, 1.54) is 18.2 Å². The summed E-state index contributed by atoms with van der Waals surface area (Å²) in [6.07, 6.45) is 6.50. The second-order valence-corrected chi connectivity index (χ2v) is 7.55. The molecule has 8 nitrogen and oxygen atoms in total. The summed E-state index contributed by atoms with van der Waals surface area (Å²) >= 11 is 0. The van der Waals surface area contributed by atoms with E-state index in [1.54, 1.807) is 53.6 Å². The molecule has 0 radical (unpaired) electrons. The van der Waals surface area contributed by atoms with Gasteiger partial charge in [0.25, 0.3) is 5.91 Å². The molecule has 0 aliphatic rings. The van der Waals surface area contributed by atoms with Gasteiger partial charge in [0.2, 0.25) is 10.0 Å². The van der Waals surface area contributed by atoms with Crippen LogP contribution in [0.25, 0.3) is 5.82 Å². The fourth-order valence-electron chi connectivity index (χ4n) is 2.50. The number of nitrogens with one attached hydrogen (secondary N) is 2. The van der Waals surface area contributed by atoms with E-state index in [-0.39, 0.29) is 22.9 Å². The van der Waals surface area contributed by atoms with E-state index in [4.69, 9.17) is 0 Å². The van der Waals surface area contributed by atoms with E-state index in [0.717, 1.165) is 0 Å². The van der Waals surface area contributed by atoms with Gasteiger partial charge in [0.1, 0.15) is 0 Å². The van der Waals surface area contributed by atoms with E-state index in [0.29, 0.717) is 17.9 Å². The van der Waals surface area contributed by atoms with Crippen molar-refractivity contribution in [1.82, 2.24) is 24.8 Å². The molecular weight excluding hydrogens is 378 g/mol. The largest absolute Gasteiger partial charge is 0.349 e. The van der Waals surface area contributed by atoms with Crippen LogP contribution in [0.2, 0.25) is 0 Å². The number of pyridine rings is 1. The van der Waals surface area contributed by atoms with Crippen LogP contribution in [0, 0.1) is 0 Å². The van der Waals surface area contributed by atoms with E-state index < -0.39 is 10.0 Å². The number of carbonyl (C=O) groups excluding carboxylic acids is 1. The van der Waals surface area contributed by atoms with Crippen LogP contribution in [0.15, 0.2) is 78.6 Å². The van der Waals surface area contributed by atoms with Crippen molar-refractivity contribution in [3.05, 3.63) is 84.8 Å². The minimum Gasteiger partial charge on any atom is -0.349 e. The van der Waals surface area contributed by atoms with Gasteiger partial charge in [-0.05, 0) is 30.3 Å². The van der Waals surface area contributed by atoms with Crippen LogP contribution in [0.1, 0.15) is 15.9 Å². The molecule has 28 heavy (non-hydrogen) atoms. The summed E-state index contributed by atoms with van der Waals surface area (Å²) < 4.78 is 29.5. The SMILES string of the molecule is C=CCNC(=O)c1cccc(S(=O)(=O)NCc2cccnc2-n2cccn2)c1. The lowest BCUT2D eigenvalue weighted by atomic mass is 10.2. The molecule has 2 N–H and O–H groups in total. The first kappa shape index (κ1) is 19.5. The Balaban J connectivity index is 1.79. The van der Waals surface area contributed by atoms with Gasteiger partial charge in [0.05, 0.1) is 4.90 Å². The molecule has 0 aliphatic heterocycles. The smallest absolute Gasteiger partial charge is 0.251 e. The molecule has 0 fully saturated rings. The Hall–Kier alpha value is -3.30. The van der Waals surface area contributed by atoms with Crippen molar-refractivity contribution >= 4 is 15.9 Å². The van der Waals surface area contributed by atoms with Crippen molar-refractivity contribution in [2.24, 2.45) is 0 Å². The van der Waals surface area contributed by atoms with Gasteiger partial charge in [-0.15, -0.1) is 6.58 Å². The zero-order chi connectivity index (χ0) is 20.0. The first-order chi connectivity index (χ1) is 13.5. The second-order valence-electron chi connectivity index (χ2n) is 5.79. The highest BCUT2D eigenvalue weighted by Crippen LogP contribution is 2.14. The minimum absolute atomic E-state index is 0.00304. The van der Waals surface area contributed by atoms with Crippen molar-refractivity contribution in [3.63, 3.8) is 0 Å². The number of carbonyl (C=O) groups is 1. The zero-order valence-electron chi connectivity index (χ0n) is 14.9. The number of benzene rings is 1. The van der Waals surface area contributed by atoms with Crippen LogP contribution in [0.3, 0.4) is 0 Å². The molecule has 3 aromatic rings. The first-order valence-electron chi connectivity index (χ1n) is 8.44. The Morgan fingerprint density at radius 3 is 2.79 bits per heavy atom. The maximum absolute atomic E-state index is 12.7. The Kier molecular flexibility index (Phi) is 5.97. The highest BCUT2D eigenvalue weighted by atomic mass is 32.2. The predicted molar refractivity (Wildman–Crippen MR) is 104 cm³/mol. The summed E-state index contributed by atoms with van der Waals surface area (Å²) in [4.78, 5) is 16.3. The summed E-state index contributed by atoms with van der Waals surface area (Å²) in [7, 11) is -3.83. The number of aromatic nitrogens is 3. The van der Waals surface area contributed by atoms with Gasteiger partial charge in [0, 0.05) is 42.8 Å². The summed E-state index contributed by atoms with van der Waals surface area (Å²) in [5.41, 5.74) is 0.915. The number of rotatable bonds is 8. The topological polar surface area (TPSA) is 106 Å². The number of hydrogen-bond donors (Lipinski definition) is 2. The van der Waals surface area contributed by atoms with Gasteiger partial charge >= 0.3 is 0 Å². The fourth-order valence-corrected chi connectivity index (χ4v) is 3.55. The van der Waals surface area contributed by atoms with Crippen LogP contribution in [0.4, 0.5) is 0 Å². The summed E-state index contributed by atoms with van der Waals surface area (Å²) in [5.74, 6) is 0.165. The Bertz CT molecular complexity index is 1080. The first-order valence-corrected chi connectivity index (χ1v) is 9.92. The van der Waals surface area contributed by atoms with Crippen molar-refractivity contribution in [1.29, 1.82) is 0 Å². The Labute approximate surface area is 163 Å². The second kappa shape index (κ2) is 8.59. The number of nitrogens with zero attached hydrogens (tertiary/aromatic N) is 3. The Morgan fingerprint density at radius 2 is 2.04 bits per heavy atom. The molecule has 1 aromatic carbocycles. The highest BCUT2D eigenvalue weighted by molar-refractivity contribution is 7.89. The van der Waals surface area contributed by atoms with Gasteiger partial charge in [0.15, 0.2) is 5.82 Å². The summed E-state index contributed by atoms with van der Waals surface area (Å²) in [5, 5.41) is 6.75. The third kappa shape index (κ3) is 4.51. The molecule has 9 heteroatoms. The fraction of sp³-hybridized carbons (Fsp3) is 0.105. The van der Waals surface area contributed by atoms with Gasteiger partial charge in [-0.25, -0.2) is 22.8 Å². The lowest BCUT2D eigenvalue weighted by Gasteiger charge is -2.11. The molecule has 0 spiro atoms.